The fourth-order valence-electron chi connectivity index (χ4n) is 1.48. The van der Waals surface area contributed by atoms with E-state index in [0.717, 1.165) is 0 Å². The third-order valence-electron chi connectivity index (χ3n) is 2.45. The molecule has 0 atom stereocenters. The van der Waals surface area contributed by atoms with E-state index in [0.29, 0.717) is 21.0 Å². The Labute approximate surface area is 114 Å². The lowest BCUT2D eigenvalue weighted by atomic mass is 10.2. The van der Waals surface area contributed by atoms with Gasteiger partial charge in [0.25, 0.3) is 5.69 Å². The molecule has 0 heterocycles. The van der Waals surface area contributed by atoms with Gasteiger partial charge in [-0.15, -0.1) is 0 Å². The summed E-state index contributed by atoms with van der Waals surface area (Å²) in [6.07, 6.45) is 1.37. The van der Waals surface area contributed by atoms with Gasteiger partial charge in [-0.05, 0) is 24.3 Å². The van der Waals surface area contributed by atoms with Crippen LogP contribution in [-0.4, -0.2) is 15.9 Å². The maximum atomic E-state index is 11.8. The van der Waals surface area contributed by atoms with Crippen molar-refractivity contribution < 1.29 is 9.66 Å². The summed E-state index contributed by atoms with van der Waals surface area (Å²) < 4.78 is 0.646. The first-order chi connectivity index (χ1) is 9.06. The van der Waals surface area contributed by atoms with Crippen molar-refractivity contribution in [3.8, 4) is 0 Å². The molecule has 2 aromatic carbocycles. The maximum Gasteiger partial charge on any atom is 0.269 e. The number of rotatable bonds is 3. The molecule has 0 N–H and O–H groups in total. The Morgan fingerprint density at radius 3 is 1.95 bits per heavy atom. The fourth-order valence-corrected chi connectivity index (χ4v) is 1.61. The Kier molecular flexibility index (Phi) is 3.77. The molecule has 5 nitrogen and oxygen atoms in total. The number of halogens is 1. The van der Waals surface area contributed by atoms with Gasteiger partial charge in [0.1, 0.15) is 0 Å². The number of hydrogen-bond donors (Lipinski definition) is 0. The third kappa shape index (κ3) is 3.29. The molecule has 0 bridgehead atoms. The molecule has 0 aliphatic rings. The highest BCUT2D eigenvalue weighted by Crippen LogP contribution is 2.17. The van der Waals surface area contributed by atoms with E-state index in [9.17, 15) is 15.3 Å². The van der Waals surface area contributed by atoms with E-state index in [1.165, 1.54) is 30.5 Å². The molecule has 6 heteroatoms. The quantitative estimate of drug-likeness (QED) is 0.283. The Morgan fingerprint density at radius 1 is 0.895 bits per heavy atom. The van der Waals surface area contributed by atoms with Crippen molar-refractivity contribution in [3.63, 3.8) is 0 Å². The lowest BCUT2D eigenvalue weighted by Crippen LogP contribution is -1.98. The van der Waals surface area contributed by atoms with E-state index in [1.54, 1.807) is 24.3 Å². The van der Waals surface area contributed by atoms with Gasteiger partial charge < -0.3 is 5.21 Å². The Morgan fingerprint density at radius 2 is 1.42 bits per heavy atom. The lowest BCUT2D eigenvalue weighted by Gasteiger charge is -2.02. The Bertz CT molecular complexity index is 621. The molecule has 19 heavy (non-hydrogen) atoms. The summed E-state index contributed by atoms with van der Waals surface area (Å²) in [7, 11) is 0. The number of nitro benzene ring substituents is 1. The summed E-state index contributed by atoms with van der Waals surface area (Å²) in [4.78, 5) is 9.99. The van der Waals surface area contributed by atoms with Crippen LogP contribution in [0.4, 0.5) is 11.4 Å². The number of nitro groups is 1. The zero-order valence-electron chi connectivity index (χ0n) is 9.69. The van der Waals surface area contributed by atoms with Gasteiger partial charge in [0.05, 0.1) is 4.92 Å². The minimum absolute atomic E-state index is 0.0522. The van der Waals surface area contributed by atoms with Gasteiger partial charge in [0.2, 0.25) is 5.69 Å². The predicted molar refractivity (Wildman–Crippen MR) is 73.0 cm³/mol. The Balaban J connectivity index is 2.25. The van der Waals surface area contributed by atoms with Crippen molar-refractivity contribution in [2.75, 3.05) is 0 Å². The number of hydrogen-bond acceptors (Lipinski definition) is 3. The van der Waals surface area contributed by atoms with Crippen LogP contribution in [-0.2, 0) is 0 Å². The summed E-state index contributed by atoms with van der Waals surface area (Å²) in [5.74, 6) is 0. The van der Waals surface area contributed by atoms with Crippen LogP contribution >= 0.6 is 11.6 Å². The number of non-ortho nitro benzene ring substituents is 1. The zero-order chi connectivity index (χ0) is 13.8. The van der Waals surface area contributed by atoms with Crippen molar-refractivity contribution in [2.24, 2.45) is 0 Å². The minimum atomic E-state index is -0.512. The van der Waals surface area contributed by atoms with Gasteiger partial charge in [0, 0.05) is 34.9 Å². The van der Waals surface area contributed by atoms with Gasteiger partial charge in [0.15, 0.2) is 6.21 Å². The molecule has 96 valence electrons. The summed E-state index contributed by atoms with van der Waals surface area (Å²) in [5, 5.41) is 22.9. The number of nitrogens with zero attached hydrogens (tertiary/aromatic N) is 2. The summed E-state index contributed by atoms with van der Waals surface area (Å²) in [5.41, 5.74) is 0.960. The summed E-state index contributed by atoms with van der Waals surface area (Å²) in [6, 6.07) is 12.1. The smallest absolute Gasteiger partial charge is 0.269 e. The largest absolute Gasteiger partial charge is 0.618 e. The van der Waals surface area contributed by atoms with Crippen molar-refractivity contribution in [2.45, 2.75) is 0 Å². The second-order valence-electron chi connectivity index (χ2n) is 3.78. The molecular weight excluding hydrogens is 268 g/mol. The van der Waals surface area contributed by atoms with E-state index in [4.69, 9.17) is 11.6 Å². The van der Waals surface area contributed by atoms with Crippen LogP contribution in [0.5, 0.6) is 0 Å². The minimum Gasteiger partial charge on any atom is -0.618 e. The molecule has 0 saturated carbocycles. The highest BCUT2D eigenvalue weighted by atomic mass is 35.5. The molecule has 2 rings (SSSR count). The van der Waals surface area contributed by atoms with E-state index < -0.39 is 4.92 Å². The second kappa shape index (κ2) is 5.49. The van der Waals surface area contributed by atoms with E-state index in [2.05, 4.69) is 0 Å². The van der Waals surface area contributed by atoms with Gasteiger partial charge >= 0.3 is 0 Å². The van der Waals surface area contributed by atoms with Crippen molar-refractivity contribution in [1.82, 2.24) is 0 Å². The summed E-state index contributed by atoms with van der Waals surface area (Å²) >= 11 is 5.74. The normalized spacial score (nSPS) is 11.3. The van der Waals surface area contributed by atoms with Gasteiger partial charge in [-0.1, -0.05) is 11.6 Å². The van der Waals surface area contributed by atoms with Crippen LogP contribution in [0.1, 0.15) is 5.56 Å². The SMILES string of the molecule is O=[N+]([O-])c1ccc([N+]([O-])=Cc2ccc(Cl)cc2)cc1. The van der Waals surface area contributed by atoms with Crippen LogP contribution in [0, 0.1) is 15.3 Å². The first-order valence-electron chi connectivity index (χ1n) is 5.37. The second-order valence-corrected chi connectivity index (χ2v) is 4.22. The highest BCUT2D eigenvalue weighted by molar-refractivity contribution is 6.30. The standard InChI is InChI=1S/C13H9ClN2O3/c14-11-3-1-10(2-4-11)9-15(17)12-5-7-13(8-6-12)16(18)19/h1-9H. The first-order valence-corrected chi connectivity index (χ1v) is 5.75. The zero-order valence-corrected chi connectivity index (χ0v) is 10.4. The highest BCUT2D eigenvalue weighted by Gasteiger charge is 2.07. The van der Waals surface area contributed by atoms with Crippen LogP contribution in [0.3, 0.4) is 0 Å². The molecule has 0 fully saturated rings. The fraction of sp³-hybridized carbons (Fsp3) is 0. The number of benzene rings is 2. The molecule has 0 aromatic heterocycles. The predicted octanol–water partition coefficient (Wildman–Crippen LogP) is 3.51. The summed E-state index contributed by atoms with van der Waals surface area (Å²) in [6.45, 7) is 0. The molecule has 2 aromatic rings. The van der Waals surface area contributed by atoms with Crippen LogP contribution in [0.15, 0.2) is 48.5 Å². The van der Waals surface area contributed by atoms with E-state index in [-0.39, 0.29) is 5.69 Å². The molecule has 0 amide bonds. The average molecular weight is 277 g/mol. The lowest BCUT2D eigenvalue weighted by molar-refractivity contribution is -0.385. The monoisotopic (exact) mass is 276 g/mol. The molecule has 0 aliphatic heterocycles. The molecule has 0 aliphatic carbocycles. The Hall–Kier alpha value is -2.40. The maximum absolute atomic E-state index is 11.8. The van der Waals surface area contributed by atoms with Crippen LogP contribution in [0.25, 0.3) is 0 Å². The first kappa shape index (κ1) is 13.0. The van der Waals surface area contributed by atoms with Crippen LogP contribution < -0.4 is 0 Å². The van der Waals surface area contributed by atoms with E-state index in [1.807, 2.05) is 0 Å². The van der Waals surface area contributed by atoms with Gasteiger partial charge in [-0.25, -0.2) is 0 Å². The molecular formula is C13H9ClN2O3. The third-order valence-corrected chi connectivity index (χ3v) is 2.70. The topological polar surface area (TPSA) is 69.2 Å². The molecule has 0 saturated heterocycles. The average Bonchev–Trinajstić information content (AvgIpc) is 2.41. The molecule has 0 spiro atoms. The van der Waals surface area contributed by atoms with Crippen LogP contribution in [0.2, 0.25) is 5.02 Å². The van der Waals surface area contributed by atoms with Crippen molar-refractivity contribution in [3.05, 3.63) is 74.4 Å². The molecule has 0 radical (unpaired) electrons. The van der Waals surface area contributed by atoms with Gasteiger partial charge in [-0.3, -0.25) is 10.1 Å². The van der Waals surface area contributed by atoms with Crippen molar-refractivity contribution in [1.29, 1.82) is 0 Å². The molecule has 0 unspecified atom stereocenters. The van der Waals surface area contributed by atoms with Crippen molar-refractivity contribution >= 4 is 29.2 Å². The van der Waals surface area contributed by atoms with Gasteiger partial charge in [-0.2, -0.15) is 4.74 Å². The van der Waals surface area contributed by atoms with E-state index >= 15 is 0 Å².